The molecule has 0 amide bonds. The first-order valence-corrected chi connectivity index (χ1v) is 11.3. The monoisotopic (exact) mass is 546 g/mol. The molecule has 1 aromatic carbocycles. The zero-order valence-electron chi connectivity index (χ0n) is 19.2. The molecule has 2 N–H and O–H groups in total. The molecule has 2 aliphatic rings. The standard InChI is InChI=1S/C23H38N4O3.HI/c1-4-30-20-9-8-19(16-21(20)28-3)17-25-22(24-2)26-18-23(10-6-5-7-11-23)27-12-14-29-15-13-27;/h8-9,16H,4-7,10-15,17-18H2,1-3H3,(H2,24,25,26);1H. The summed E-state index contributed by atoms with van der Waals surface area (Å²) < 4.78 is 16.7. The SMILES string of the molecule is CCOc1ccc(CNC(=NC)NCC2(N3CCOCC3)CCCCC2)cc1OC.I. The largest absolute Gasteiger partial charge is 0.493 e. The first kappa shape index (κ1) is 26.0. The fraction of sp³-hybridized carbons (Fsp3) is 0.696. The van der Waals surface area contributed by atoms with Crippen LogP contribution in [-0.2, 0) is 11.3 Å². The van der Waals surface area contributed by atoms with E-state index in [1.807, 2.05) is 26.1 Å². The first-order chi connectivity index (χ1) is 14.7. The molecule has 1 saturated carbocycles. The molecule has 0 bridgehead atoms. The van der Waals surface area contributed by atoms with E-state index in [-0.39, 0.29) is 29.5 Å². The topological polar surface area (TPSA) is 67.4 Å². The highest BCUT2D eigenvalue weighted by Gasteiger charge is 2.38. The molecular weight excluding hydrogens is 507 g/mol. The Hall–Kier alpha value is -1.26. The molecule has 0 aromatic heterocycles. The van der Waals surface area contributed by atoms with Crippen LogP contribution >= 0.6 is 24.0 Å². The number of halogens is 1. The van der Waals surface area contributed by atoms with Gasteiger partial charge in [0.15, 0.2) is 17.5 Å². The van der Waals surface area contributed by atoms with Crippen LogP contribution in [0.5, 0.6) is 11.5 Å². The average molecular weight is 546 g/mol. The minimum Gasteiger partial charge on any atom is -0.493 e. The van der Waals surface area contributed by atoms with Crippen molar-refractivity contribution >= 4 is 29.9 Å². The molecule has 0 atom stereocenters. The van der Waals surface area contributed by atoms with Crippen LogP contribution in [0.3, 0.4) is 0 Å². The van der Waals surface area contributed by atoms with Crippen molar-refractivity contribution < 1.29 is 14.2 Å². The summed E-state index contributed by atoms with van der Waals surface area (Å²) in [5.41, 5.74) is 1.33. The van der Waals surface area contributed by atoms with Gasteiger partial charge in [-0.25, -0.2) is 0 Å². The van der Waals surface area contributed by atoms with Gasteiger partial charge in [0, 0.05) is 38.8 Å². The van der Waals surface area contributed by atoms with Gasteiger partial charge in [0.25, 0.3) is 0 Å². The van der Waals surface area contributed by atoms with Crippen LogP contribution in [0.1, 0.15) is 44.6 Å². The number of guanidine groups is 1. The summed E-state index contributed by atoms with van der Waals surface area (Å²) in [4.78, 5) is 7.09. The van der Waals surface area contributed by atoms with E-state index in [9.17, 15) is 0 Å². The van der Waals surface area contributed by atoms with Crippen LogP contribution < -0.4 is 20.1 Å². The predicted molar refractivity (Wildman–Crippen MR) is 136 cm³/mol. The number of hydrogen-bond donors (Lipinski definition) is 2. The Morgan fingerprint density at radius 2 is 1.87 bits per heavy atom. The number of benzene rings is 1. The summed E-state index contributed by atoms with van der Waals surface area (Å²) in [5.74, 6) is 2.37. The van der Waals surface area contributed by atoms with Gasteiger partial charge >= 0.3 is 0 Å². The third-order valence-electron chi connectivity index (χ3n) is 6.26. The van der Waals surface area contributed by atoms with Crippen molar-refractivity contribution in [2.75, 3.05) is 53.6 Å². The Kier molecular flexibility index (Phi) is 11.2. The number of methoxy groups -OCH3 is 1. The van der Waals surface area contributed by atoms with Crippen molar-refractivity contribution in [2.24, 2.45) is 4.99 Å². The van der Waals surface area contributed by atoms with Gasteiger partial charge in [-0.1, -0.05) is 25.3 Å². The second-order valence-corrected chi connectivity index (χ2v) is 8.08. The molecule has 0 spiro atoms. The molecule has 7 nitrogen and oxygen atoms in total. The lowest BCUT2D eigenvalue weighted by molar-refractivity contribution is -0.0352. The molecule has 1 aromatic rings. The smallest absolute Gasteiger partial charge is 0.191 e. The third-order valence-corrected chi connectivity index (χ3v) is 6.26. The van der Waals surface area contributed by atoms with E-state index in [1.54, 1.807) is 7.11 Å². The second-order valence-electron chi connectivity index (χ2n) is 8.08. The molecule has 3 rings (SSSR count). The van der Waals surface area contributed by atoms with E-state index < -0.39 is 0 Å². The maximum atomic E-state index is 5.61. The first-order valence-electron chi connectivity index (χ1n) is 11.3. The molecule has 1 aliphatic heterocycles. The second kappa shape index (κ2) is 13.3. The number of nitrogens with one attached hydrogen (secondary N) is 2. The van der Waals surface area contributed by atoms with Gasteiger partial charge in [-0.05, 0) is 37.5 Å². The summed E-state index contributed by atoms with van der Waals surface area (Å²) in [5, 5.41) is 7.06. The maximum absolute atomic E-state index is 5.61. The summed E-state index contributed by atoms with van der Waals surface area (Å²) in [7, 11) is 3.50. The van der Waals surface area contributed by atoms with E-state index in [2.05, 4.69) is 26.6 Å². The van der Waals surface area contributed by atoms with E-state index in [0.29, 0.717) is 13.2 Å². The van der Waals surface area contributed by atoms with Crippen LogP contribution in [-0.4, -0.2) is 70.0 Å². The fourth-order valence-corrected chi connectivity index (χ4v) is 4.60. The maximum Gasteiger partial charge on any atom is 0.191 e. The van der Waals surface area contributed by atoms with Gasteiger partial charge in [0.1, 0.15) is 0 Å². The van der Waals surface area contributed by atoms with Gasteiger partial charge < -0.3 is 24.8 Å². The highest BCUT2D eigenvalue weighted by atomic mass is 127. The van der Waals surface area contributed by atoms with Gasteiger partial charge in [0.05, 0.1) is 26.9 Å². The molecule has 1 heterocycles. The number of ether oxygens (including phenoxy) is 3. The van der Waals surface area contributed by atoms with Gasteiger partial charge in [0.2, 0.25) is 0 Å². The summed E-state index contributed by atoms with van der Waals surface area (Å²) in [6.45, 7) is 7.92. The lowest BCUT2D eigenvalue weighted by Gasteiger charge is -2.48. The van der Waals surface area contributed by atoms with Crippen LogP contribution in [0, 0.1) is 0 Å². The molecule has 176 valence electrons. The van der Waals surface area contributed by atoms with Crippen LogP contribution in [0.2, 0.25) is 0 Å². The predicted octanol–water partition coefficient (Wildman–Crippen LogP) is 3.41. The normalized spacial score (nSPS) is 19.3. The Balaban J connectivity index is 0.00000341. The summed E-state index contributed by atoms with van der Waals surface area (Å²) in [6, 6.07) is 6.04. The van der Waals surface area contributed by atoms with Gasteiger partial charge in [-0.2, -0.15) is 0 Å². The molecule has 1 aliphatic carbocycles. The van der Waals surface area contributed by atoms with E-state index in [4.69, 9.17) is 14.2 Å². The molecule has 8 heteroatoms. The van der Waals surface area contributed by atoms with Crippen LogP contribution in [0.25, 0.3) is 0 Å². The number of nitrogens with zero attached hydrogens (tertiary/aromatic N) is 2. The van der Waals surface area contributed by atoms with Crippen molar-refractivity contribution in [1.82, 2.24) is 15.5 Å². The Morgan fingerprint density at radius 1 is 1.13 bits per heavy atom. The third kappa shape index (κ3) is 7.12. The number of hydrogen-bond acceptors (Lipinski definition) is 5. The average Bonchev–Trinajstić information content (AvgIpc) is 2.81. The molecule has 0 radical (unpaired) electrons. The van der Waals surface area contributed by atoms with Gasteiger partial charge in [-0.15, -0.1) is 24.0 Å². The van der Waals surface area contributed by atoms with E-state index in [1.165, 1.54) is 32.1 Å². The Bertz CT molecular complexity index is 689. The van der Waals surface area contributed by atoms with E-state index in [0.717, 1.165) is 55.9 Å². The Morgan fingerprint density at radius 3 is 2.52 bits per heavy atom. The lowest BCUT2D eigenvalue weighted by Crippen LogP contribution is -2.60. The molecule has 31 heavy (non-hydrogen) atoms. The van der Waals surface area contributed by atoms with Crippen molar-refractivity contribution in [2.45, 2.75) is 51.1 Å². The fourth-order valence-electron chi connectivity index (χ4n) is 4.60. The minimum absolute atomic E-state index is 0. The molecule has 1 saturated heterocycles. The molecular formula is C23H39IN4O3. The number of aliphatic imine (C=N–C) groups is 1. The minimum atomic E-state index is 0. The Labute approximate surface area is 204 Å². The zero-order chi connectivity index (χ0) is 21.2. The van der Waals surface area contributed by atoms with Crippen LogP contribution in [0.4, 0.5) is 0 Å². The highest BCUT2D eigenvalue weighted by molar-refractivity contribution is 14.0. The number of morpholine rings is 1. The molecule has 0 unspecified atom stereocenters. The summed E-state index contributed by atoms with van der Waals surface area (Å²) >= 11 is 0. The van der Waals surface area contributed by atoms with Crippen molar-refractivity contribution in [3.8, 4) is 11.5 Å². The van der Waals surface area contributed by atoms with Crippen molar-refractivity contribution in [3.63, 3.8) is 0 Å². The highest BCUT2D eigenvalue weighted by Crippen LogP contribution is 2.34. The zero-order valence-corrected chi connectivity index (χ0v) is 21.6. The van der Waals surface area contributed by atoms with Crippen LogP contribution in [0.15, 0.2) is 23.2 Å². The van der Waals surface area contributed by atoms with Gasteiger partial charge in [-0.3, -0.25) is 9.89 Å². The molecule has 2 fully saturated rings. The van der Waals surface area contributed by atoms with Crippen molar-refractivity contribution in [1.29, 1.82) is 0 Å². The van der Waals surface area contributed by atoms with Crippen molar-refractivity contribution in [3.05, 3.63) is 23.8 Å². The quantitative estimate of drug-likeness (QED) is 0.296. The summed E-state index contributed by atoms with van der Waals surface area (Å²) in [6.07, 6.45) is 6.44. The number of rotatable bonds is 8. The lowest BCUT2D eigenvalue weighted by atomic mass is 9.80. The van der Waals surface area contributed by atoms with E-state index >= 15 is 0 Å².